The number of amides is 1. The number of hydrogen-bond acceptors (Lipinski definition) is 6. The van der Waals surface area contributed by atoms with Crippen molar-refractivity contribution >= 4 is 21.6 Å². The average Bonchev–Trinajstić information content (AvgIpc) is 2.74. The van der Waals surface area contributed by atoms with Crippen LogP contribution in [0.15, 0.2) is 58.2 Å². The number of halogens is 1. The Morgan fingerprint density at radius 1 is 1.16 bits per heavy atom. The molecule has 0 fully saturated rings. The number of benzene rings is 2. The molecule has 1 heterocycles. The summed E-state index contributed by atoms with van der Waals surface area (Å²) >= 11 is 0. The van der Waals surface area contributed by atoms with E-state index >= 15 is 0 Å². The Bertz CT molecular complexity index is 1350. The summed E-state index contributed by atoms with van der Waals surface area (Å²) in [5.41, 5.74) is -0.756. The third-order valence-electron chi connectivity index (χ3n) is 4.60. The topological polar surface area (TPSA) is 111 Å². The van der Waals surface area contributed by atoms with Gasteiger partial charge in [-0.2, -0.15) is 5.10 Å². The molecule has 0 bridgehead atoms. The third-order valence-corrected chi connectivity index (χ3v) is 6.41. The summed E-state index contributed by atoms with van der Waals surface area (Å²) in [5.74, 6) is -1.31. The fourth-order valence-electron chi connectivity index (χ4n) is 2.91. The molecule has 0 aliphatic heterocycles. The van der Waals surface area contributed by atoms with Gasteiger partial charge in [0.05, 0.1) is 17.7 Å². The second-order valence-electron chi connectivity index (χ2n) is 6.97. The van der Waals surface area contributed by atoms with Crippen LogP contribution in [0.2, 0.25) is 0 Å². The van der Waals surface area contributed by atoms with Crippen LogP contribution in [0.25, 0.3) is 5.69 Å². The van der Waals surface area contributed by atoms with Crippen molar-refractivity contribution in [3.05, 3.63) is 76.0 Å². The van der Waals surface area contributed by atoms with Crippen LogP contribution in [-0.4, -0.2) is 49.6 Å². The highest BCUT2D eigenvalue weighted by atomic mass is 32.2. The van der Waals surface area contributed by atoms with E-state index in [-0.39, 0.29) is 22.0 Å². The number of carbonyl (C=O) groups is 1. The second-order valence-corrected chi connectivity index (χ2v) is 9.12. The number of aryl methyl sites for hydroxylation is 1. The molecule has 0 unspecified atom stereocenters. The number of rotatable bonds is 6. The Hall–Kier alpha value is -3.57. The maximum atomic E-state index is 14.2. The molecule has 3 rings (SSSR count). The van der Waals surface area contributed by atoms with Gasteiger partial charge in [0, 0.05) is 25.9 Å². The molecule has 0 saturated carbocycles. The largest absolute Gasteiger partial charge is 0.495 e. The first-order valence-electron chi connectivity index (χ1n) is 9.34. The van der Waals surface area contributed by atoms with Gasteiger partial charge in [0.25, 0.3) is 5.91 Å². The first kappa shape index (κ1) is 23.1. The number of sulfonamides is 1. The van der Waals surface area contributed by atoms with E-state index < -0.39 is 32.9 Å². The number of aromatic nitrogens is 2. The van der Waals surface area contributed by atoms with Crippen LogP contribution in [0.3, 0.4) is 0 Å². The number of carbonyl (C=O) groups excluding carboxylic acids is 1. The summed E-state index contributed by atoms with van der Waals surface area (Å²) < 4.78 is 46.5. The standard InChI is InChI=1S/C21H21FN4O5S/c1-13-11-18(27)20(24-26(13)17-8-6-5-7-15(17)22)21(28)23-16-12-14(9-10-19(16)31-4)32(29,30)25(2)3/h5-12H,1-4H3,(H,23,28). The number of nitrogens with one attached hydrogen (secondary N) is 1. The second kappa shape index (κ2) is 8.89. The molecule has 2 aromatic carbocycles. The van der Waals surface area contributed by atoms with Gasteiger partial charge in [0.2, 0.25) is 15.5 Å². The van der Waals surface area contributed by atoms with E-state index in [1.165, 1.54) is 63.7 Å². The minimum atomic E-state index is -3.78. The summed E-state index contributed by atoms with van der Waals surface area (Å²) in [5, 5.41) is 6.51. The molecule has 3 aromatic rings. The number of ether oxygens (including phenoxy) is 1. The molecule has 1 N–H and O–H groups in total. The first-order valence-corrected chi connectivity index (χ1v) is 10.8. The molecule has 0 spiro atoms. The van der Waals surface area contributed by atoms with Gasteiger partial charge in [-0.15, -0.1) is 0 Å². The molecule has 0 aliphatic carbocycles. The van der Waals surface area contributed by atoms with E-state index in [9.17, 15) is 22.4 Å². The lowest BCUT2D eigenvalue weighted by molar-refractivity contribution is 0.101. The van der Waals surface area contributed by atoms with Crippen molar-refractivity contribution in [2.45, 2.75) is 11.8 Å². The summed E-state index contributed by atoms with van der Waals surface area (Å²) in [6, 6.07) is 10.9. The lowest BCUT2D eigenvalue weighted by Crippen LogP contribution is -2.27. The highest BCUT2D eigenvalue weighted by Gasteiger charge is 2.22. The molecule has 0 radical (unpaired) electrons. The molecule has 0 aliphatic rings. The van der Waals surface area contributed by atoms with E-state index in [1.807, 2.05) is 0 Å². The van der Waals surface area contributed by atoms with Crippen molar-refractivity contribution < 1.29 is 22.3 Å². The third kappa shape index (κ3) is 4.39. The van der Waals surface area contributed by atoms with Gasteiger partial charge in [0.15, 0.2) is 5.69 Å². The number of nitrogens with zero attached hydrogens (tertiary/aromatic N) is 3. The molecule has 168 valence electrons. The SMILES string of the molecule is COc1ccc(S(=O)(=O)N(C)C)cc1NC(=O)c1nn(-c2ccccc2F)c(C)cc1=O. The molecule has 1 aromatic heterocycles. The van der Waals surface area contributed by atoms with Gasteiger partial charge in [-0.05, 0) is 37.3 Å². The van der Waals surface area contributed by atoms with E-state index in [0.29, 0.717) is 5.69 Å². The van der Waals surface area contributed by atoms with Gasteiger partial charge in [-0.3, -0.25) is 9.59 Å². The van der Waals surface area contributed by atoms with Crippen LogP contribution in [0.1, 0.15) is 16.2 Å². The van der Waals surface area contributed by atoms with E-state index in [4.69, 9.17) is 4.74 Å². The summed E-state index contributed by atoms with van der Waals surface area (Å²) in [6.07, 6.45) is 0. The maximum Gasteiger partial charge on any atom is 0.280 e. The fourth-order valence-corrected chi connectivity index (χ4v) is 3.84. The summed E-state index contributed by atoms with van der Waals surface area (Å²) in [6.45, 7) is 1.56. The van der Waals surface area contributed by atoms with E-state index in [0.717, 1.165) is 8.99 Å². The zero-order valence-electron chi connectivity index (χ0n) is 17.8. The molecule has 11 heteroatoms. The highest BCUT2D eigenvalue weighted by Crippen LogP contribution is 2.28. The summed E-state index contributed by atoms with van der Waals surface area (Å²) in [7, 11) is 0.313. The monoisotopic (exact) mass is 460 g/mol. The zero-order valence-corrected chi connectivity index (χ0v) is 18.6. The molecular formula is C21H21FN4O5S. The van der Waals surface area contributed by atoms with Crippen molar-refractivity contribution in [1.82, 2.24) is 14.1 Å². The van der Waals surface area contributed by atoms with Crippen LogP contribution < -0.4 is 15.5 Å². The Morgan fingerprint density at radius 3 is 2.47 bits per heavy atom. The van der Waals surface area contributed by atoms with Crippen molar-refractivity contribution in [1.29, 1.82) is 0 Å². The molecule has 1 amide bonds. The number of hydrogen-bond donors (Lipinski definition) is 1. The Balaban J connectivity index is 2.05. The van der Waals surface area contributed by atoms with Gasteiger partial charge in [-0.1, -0.05) is 12.1 Å². The van der Waals surface area contributed by atoms with Crippen LogP contribution >= 0.6 is 0 Å². The van der Waals surface area contributed by atoms with Crippen molar-refractivity contribution in [3.63, 3.8) is 0 Å². The summed E-state index contributed by atoms with van der Waals surface area (Å²) in [4.78, 5) is 25.2. The van der Waals surface area contributed by atoms with Gasteiger partial charge in [0.1, 0.15) is 17.3 Å². The van der Waals surface area contributed by atoms with E-state index in [1.54, 1.807) is 13.0 Å². The van der Waals surface area contributed by atoms with Crippen molar-refractivity contribution in [2.24, 2.45) is 0 Å². The van der Waals surface area contributed by atoms with Gasteiger partial charge >= 0.3 is 0 Å². The smallest absolute Gasteiger partial charge is 0.280 e. The quantitative estimate of drug-likeness (QED) is 0.604. The van der Waals surface area contributed by atoms with E-state index in [2.05, 4.69) is 10.4 Å². The lowest BCUT2D eigenvalue weighted by atomic mass is 10.2. The predicted molar refractivity (Wildman–Crippen MR) is 116 cm³/mol. The molecular weight excluding hydrogens is 439 g/mol. The molecule has 9 nitrogen and oxygen atoms in total. The van der Waals surface area contributed by atoms with Crippen LogP contribution in [0, 0.1) is 12.7 Å². The van der Waals surface area contributed by atoms with Crippen molar-refractivity contribution in [2.75, 3.05) is 26.5 Å². The van der Waals surface area contributed by atoms with Crippen LogP contribution in [0.4, 0.5) is 10.1 Å². The number of methoxy groups -OCH3 is 1. The predicted octanol–water partition coefficient (Wildman–Crippen LogP) is 2.19. The average molecular weight is 460 g/mol. The normalized spacial score (nSPS) is 11.4. The first-order chi connectivity index (χ1) is 15.1. The van der Waals surface area contributed by atoms with Crippen LogP contribution in [-0.2, 0) is 10.0 Å². The molecule has 32 heavy (non-hydrogen) atoms. The minimum absolute atomic E-state index is 0.0274. The minimum Gasteiger partial charge on any atom is -0.495 e. The lowest BCUT2D eigenvalue weighted by Gasteiger charge is -2.15. The Morgan fingerprint density at radius 2 is 1.84 bits per heavy atom. The fraction of sp³-hybridized carbons (Fsp3) is 0.190. The maximum absolute atomic E-state index is 14.2. The highest BCUT2D eigenvalue weighted by molar-refractivity contribution is 7.89. The number of para-hydroxylation sites is 1. The molecule has 0 saturated heterocycles. The molecule has 0 atom stereocenters. The number of anilines is 1. The zero-order chi connectivity index (χ0) is 23.6. The van der Waals surface area contributed by atoms with Gasteiger partial charge in [-0.25, -0.2) is 21.8 Å². The Kier molecular flexibility index (Phi) is 6.42. The van der Waals surface area contributed by atoms with Gasteiger partial charge < -0.3 is 10.1 Å². The Labute approximate surface area is 184 Å². The van der Waals surface area contributed by atoms with Crippen molar-refractivity contribution in [3.8, 4) is 11.4 Å². The van der Waals surface area contributed by atoms with Crippen LogP contribution in [0.5, 0.6) is 5.75 Å².